The summed E-state index contributed by atoms with van der Waals surface area (Å²) in [5.41, 5.74) is 0.651. The van der Waals surface area contributed by atoms with Crippen LogP contribution in [-0.4, -0.2) is 45.6 Å². The number of ether oxygens (including phenoxy) is 1. The first-order valence-electron chi connectivity index (χ1n) is 9.08. The van der Waals surface area contributed by atoms with Gasteiger partial charge in [0.1, 0.15) is 11.5 Å². The number of nitrogens with zero attached hydrogens (tertiary/aromatic N) is 3. The van der Waals surface area contributed by atoms with Crippen LogP contribution in [0.4, 0.5) is 5.82 Å². The highest BCUT2D eigenvalue weighted by Gasteiger charge is 2.64. The maximum atomic E-state index is 13.4. The Balaban J connectivity index is 1.77. The van der Waals surface area contributed by atoms with Crippen LogP contribution in [0.5, 0.6) is 0 Å². The summed E-state index contributed by atoms with van der Waals surface area (Å²) in [7, 11) is -3.00. The quantitative estimate of drug-likeness (QED) is 0.632. The highest BCUT2D eigenvalue weighted by Crippen LogP contribution is 2.54. The van der Waals surface area contributed by atoms with Crippen molar-refractivity contribution in [2.45, 2.75) is 61.5 Å². The van der Waals surface area contributed by atoms with Crippen molar-refractivity contribution in [2.75, 3.05) is 24.7 Å². The fourth-order valence-corrected chi connectivity index (χ4v) is 7.07. The predicted octanol–water partition coefficient (Wildman–Crippen LogP) is 3.26. The average molecular weight is 387 g/mol. The number of aromatic nitrogens is 2. The van der Waals surface area contributed by atoms with Crippen LogP contribution in [0, 0.1) is 0 Å². The molecule has 2 atom stereocenters. The van der Waals surface area contributed by atoms with Crippen molar-refractivity contribution in [1.82, 2.24) is 9.97 Å². The van der Waals surface area contributed by atoms with Gasteiger partial charge in [-0.1, -0.05) is 4.21 Å². The summed E-state index contributed by atoms with van der Waals surface area (Å²) >= 11 is 6.25. The Kier molecular flexibility index (Phi) is 4.55. The van der Waals surface area contributed by atoms with Crippen LogP contribution >= 0.6 is 11.6 Å². The number of hydrogen-bond donors (Lipinski definition) is 1. The van der Waals surface area contributed by atoms with E-state index in [0.29, 0.717) is 31.7 Å². The second-order valence-electron chi connectivity index (χ2n) is 7.47. The van der Waals surface area contributed by atoms with Crippen LogP contribution in [0.1, 0.15) is 51.1 Å². The SMILES string of the molecule is C[C@H]1COCCN1c1cc(C2([S+](=O)(O)C3CC3)CCCC2)nc(Cl)n1. The summed E-state index contributed by atoms with van der Waals surface area (Å²) in [5.74, 6) is 0.739. The zero-order valence-corrected chi connectivity index (χ0v) is 16.1. The summed E-state index contributed by atoms with van der Waals surface area (Å²) in [4.78, 5) is 11.0. The third-order valence-electron chi connectivity index (χ3n) is 5.76. The summed E-state index contributed by atoms with van der Waals surface area (Å²) in [6, 6.07) is 2.09. The summed E-state index contributed by atoms with van der Waals surface area (Å²) < 4.78 is 29.1. The molecule has 2 saturated carbocycles. The van der Waals surface area contributed by atoms with Gasteiger partial charge in [0.25, 0.3) is 0 Å². The van der Waals surface area contributed by atoms with Crippen LogP contribution < -0.4 is 4.90 Å². The van der Waals surface area contributed by atoms with Gasteiger partial charge in [-0.3, -0.25) is 0 Å². The molecule has 3 fully saturated rings. The topological polar surface area (TPSA) is 75.5 Å². The highest BCUT2D eigenvalue weighted by atomic mass is 35.5. The number of morpholine rings is 1. The Bertz CT molecular complexity index is 706. The van der Waals surface area contributed by atoms with Crippen molar-refractivity contribution in [2.24, 2.45) is 0 Å². The molecule has 1 aromatic heterocycles. The molecule has 0 radical (unpaired) electrons. The minimum atomic E-state index is -3.00. The van der Waals surface area contributed by atoms with Gasteiger partial charge < -0.3 is 9.64 Å². The molecule has 0 aromatic carbocycles. The van der Waals surface area contributed by atoms with Gasteiger partial charge in [-0.25, -0.2) is 9.97 Å². The van der Waals surface area contributed by atoms with E-state index in [1.165, 1.54) is 0 Å². The Morgan fingerprint density at radius 3 is 2.72 bits per heavy atom. The molecule has 1 unspecified atom stereocenters. The molecule has 3 aliphatic rings. The molecule has 1 saturated heterocycles. The zero-order chi connectivity index (χ0) is 17.7. The molecule has 1 aliphatic heterocycles. The van der Waals surface area contributed by atoms with E-state index in [9.17, 15) is 8.76 Å². The van der Waals surface area contributed by atoms with Gasteiger partial charge in [-0.05, 0) is 31.4 Å². The second-order valence-corrected chi connectivity index (χ2v) is 10.4. The van der Waals surface area contributed by atoms with E-state index in [-0.39, 0.29) is 16.6 Å². The Morgan fingerprint density at radius 1 is 1.36 bits per heavy atom. The van der Waals surface area contributed by atoms with E-state index in [1.54, 1.807) is 0 Å². The first-order valence-corrected chi connectivity index (χ1v) is 11.0. The molecule has 8 heteroatoms. The van der Waals surface area contributed by atoms with E-state index in [4.69, 9.17) is 16.3 Å². The van der Waals surface area contributed by atoms with Crippen molar-refractivity contribution in [3.05, 3.63) is 17.0 Å². The van der Waals surface area contributed by atoms with Crippen molar-refractivity contribution >= 4 is 27.6 Å². The van der Waals surface area contributed by atoms with E-state index >= 15 is 0 Å². The molecule has 25 heavy (non-hydrogen) atoms. The van der Waals surface area contributed by atoms with Crippen LogP contribution in [0.3, 0.4) is 0 Å². The van der Waals surface area contributed by atoms with Gasteiger partial charge in [0.2, 0.25) is 20.2 Å². The van der Waals surface area contributed by atoms with Crippen molar-refractivity contribution in [3.63, 3.8) is 0 Å². The van der Waals surface area contributed by atoms with Crippen molar-refractivity contribution in [1.29, 1.82) is 0 Å². The lowest BCUT2D eigenvalue weighted by Crippen LogP contribution is -2.45. The molecular weight excluding hydrogens is 362 g/mol. The fraction of sp³-hybridized carbons (Fsp3) is 0.765. The number of hydrogen-bond acceptors (Lipinski definition) is 5. The Morgan fingerprint density at radius 2 is 2.08 bits per heavy atom. The summed E-state index contributed by atoms with van der Waals surface area (Å²) in [6.07, 6.45) is 4.98. The van der Waals surface area contributed by atoms with Crippen LogP contribution in [0.2, 0.25) is 5.28 Å². The maximum absolute atomic E-state index is 13.4. The standard InChI is InChI=1S/C17H24ClN3O3S/c1-12-11-24-9-8-21(12)15-10-14(19-16(18)20-15)17(6-2-3-7-17)25(22,23)13-4-5-13/h10,12-13H,2-9,11H2,1H3/p+1/t12-/m0/s1. The molecular formula is C17H25ClN3O3S+. The zero-order valence-electron chi connectivity index (χ0n) is 14.5. The van der Waals surface area contributed by atoms with E-state index < -0.39 is 15.0 Å². The first kappa shape index (κ1) is 17.6. The number of halogens is 1. The van der Waals surface area contributed by atoms with Crippen LogP contribution in [0.15, 0.2) is 6.07 Å². The molecule has 0 amide bonds. The maximum Gasteiger partial charge on any atom is 0.229 e. The number of rotatable bonds is 4. The van der Waals surface area contributed by atoms with Gasteiger partial charge in [-0.15, -0.1) is 0 Å². The first-order chi connectivity index (χ1) is 11.9. The molecule has 4 rings (SSSR count). The van der Waals surface area contributed by atoms with Gasteiger partial charge in [-0.2, -0.15) is 4.55 Å². The molecule has 1 aromatic rings. The lowest BCUT2D eigenvalue weighted by atomic mass is 10.0. The monoisotopic (exact) mass is 386 g/mol. The van der Waals surface area contributed by atoms with Gasteiger partial charge in [0, 0.05) is 38.3 Å². The normalized spacial score (nSPS) is 28.8. The van der Waals surface area contributed by atoms with E-state index in [2.05, 4.69) is 21.8 Å². The molecule has 138 valence electrons. The van der Waals surface area contributed by atoms with Crippen molar-refractivity contribution in [3.8, 4) is 0 Å². The molecule has 2 heterocycles. The Hall–Kier alpha value is -0.760. The lowest BCUT2D eigenvalue weighted by molar-refractivity contribution is 0.0985. The van der Waals surface area contributed by atoms with Crippen molar-refractivity contribution < 1.29 is 13.5 Å². The fourth-order valence-electron chi connectivity index (χ4n) is 4.20. The smallest absolute Gasteiger partial charge is 0.229 e. The predicted molar refractivity (Wildman–Crippen MR) is 98.5 cm³/mol. The van der Waals surface area contributed by atoms with Crippen LogP contribution in [-0.2, 0) is 23.9 Å². The lowest BCUT2D eigenvalue weighted by Gasteiger charge is -2.35. The van der Waals surface area contributed by atoms with Crippen LogP contribution in [0.25, 0.3) is 0 Å². The second kappa shape index (κ2) is 6.44. The van der Waals surface area contributed by atoms with Gasteiger partial charge in [0.15, 0.2) is 5.25 Å². The summed E-state index contributed by atoms with van der Waals surface area (Å²) in [6.45, 7) is 4.10. The highest BCUT2D eigenvalue weighted by molar-refractivity contribution is 7.99. The van der Waals surface area contributed by atoms with E-state index in [1.807, 2.05) is 6.07 Å². The molecule has 0 bridgehead atoms. The minimum Gasteiger partial charge on any atom is -0.377 e. The van der Waals surface area contributed by atoms with E-state index in [0.717, 1.165) is 38.0 Å². The largest absolute Gasteiger partial charge is 0.377 e. The Labute approximate surface area is 154 Å². The number of anilines is 1. The third kappa shape index (κ3) is 2.99. The minimum absolute atomic E-state index is 0.0925. The molecule has 6 nitrogen and oxygen atoms in total. The molecule has 2 aliphatic carbocycles. The van der Waals surface area contributed by atoms with Gasteiger partial charge >= 0.3 is 0 Å². The third-order valence-corrected chi connectivity index (χ3v) is 9.04. The van der Waals surface area contributed by atoms with Gasteiger partial charge in [0.05, 0.1) is 19.3 Å². The summed E-state index contributed by atoms with van der Waals surface area (Å²) in [5, 5.41) is 0.0635. The molecule has 1 N–H and O–H groups in total. The average Bonchev–Trinajstić information content (AvgIpc) is 3.32. The molecule has 0 spiro atoms.